The molecule has 0 aliphatic carbocycles. The number of aliphatic hydroxyl groups is 1. The van der Waals surface area contributed by atoms with Gasteiger partial charge in [0.1, 0.15) is 0 Å². The van der Waals surface area contributed by atoms with Gasteiger partial charge in [0.15, 0.2) is 0 Å². The van der Waals surface area contributed by atoms with Gasteiger partial charge in [0.25, 0.3) is 0 Å². The molecular formula is C10H17N3O. The molecular weight excluding hydrogens is 178 g/mol. The Bertz CT molecular complexity index is 288. The van der Waals surface area contributed by atoms with E-state index in [4.69, 9.17) is 5.11 Å². The van der Waals surface area contributed by atoms with Gasteiger partial charge in [-0.2, -0.15) is 0 Å². The van der Waals surface area contributed by atoms with Crippen molar-refractivity contribution in [2.24, 2.45) is 5.92 Å². The number of hydrogen-bond donors (Lipinski definition) is 2. The van der Waals surface area contributed by atoms with Crippen molar-refractivity contribution in [1.82, 2.24) is 9.97 Å². The zero-order valence-electron chi connectivity index (χ0n) is 8.86. The first-order valence-electron chi connectivity index (χ1n) is 4.82. The van der Waals surface area contributed by atoms with E-state index >= 15 is 0 Å². The number of aromatic nitrogens is 2. The maximum absolute atomic E-state index is 8.89. The molecule has 0 aliphatic heterocycles. The molecule has 1 atom stereocenters. The van der Waals surface area contributed by atoms with Crippen molar-refractivity contribution in [3.8, 4) is 0 Å². The van der Waals surface area contributed by atoms with Crippen LogP contribution in [0.3, 0.4) is 0 Å². The van der Waals surface area contributed by atoms with Gasteiger partial charge in [-0.05, 0) is 18.9 Å². The second-order valence-electron chi connectivity index (χ2n) is 3.71. The largest absolute Gasteiger partial charge is 0.390 e. The fraction of sp³-hybridized carbons (Fsp3) is 0.600. The summed E-state index contributed by atoms with van der Waals surface area (Å²) in [7, 11) is 0. The summed E-state index contributed by atoms with van der Waals surface area (Å²) in [5.41, 5.74) is 0.637. The third-order valence-corrected chi connectivity index (χ3v) is 2.23. The number of anilines is 1. The Morgan fingerprint density at radius 3 is 2.71 bits per heavy atom. The van der Waals surface area contributed by atoms with Gasteiger partial charge in [0.05, 0.1) is 12.3 Å². The van der Waals surface area contributed by atoms with Crippen LogP contribution >= 0.6 is 0 Å². The molecule has 4 heteroatoms. The van der Waals surface area contributed by atoms with Crippen LogP contribution in [0.1, 0.15) is 26.5 Å². The van der Waals surface area contributed by atoms with Gasteiger partial charge >= 0.3 is 0 Å². The first-order chi connectivity index (χ1) is 6.63. The molecule has 1 unspecified atom stereocenters. The normalized spacial score (nSPS) is 12.9. The topological polar surface area (TPSA) is 58.0 Å². The summed E-state index contributed by atoms with van der Waals surface area (Å²) in [6.07, 6.45) is 1.65. The molecule has 0 fully saturated rings. The van der Waals surface area contributed by atoms with Gasteiger partial charge in [-0.3, -0.25) is 0 Å². The van der Waals surface area contributed by atoms with Crippen LogP contribution in [0.5, 0.6) is 0 Å². The van der Waals surface area contributed by atoms with Gasteiger partial charge < -0.3 is 10.4 Å². The minimum atomic E-state index is -0.0484. The minimum absolute atomic E-state index is 0.0484. The summed E-state index contributed by atoms with van der Waals surface area (Å²) in [6.45, 7) is 6.30. The van der Waals surface area contributed by atoms with Crippen molar-refractivity contribution >= 4 is 5.95 Å². The molecule has 0 bridgehead atoms. The van der Waals surface area contributed by atoms with E-state index < -0.39 is 0 Å². The van der Waals surface area contributed by atoms with Crippen molar-refractivity contribution in [3.05, 3.63) is 18.0 Å². The minimum Gasteiger partial charge on any atom is -0.390 e. The molecule has 1 aromatic rings. The summed E-state index contributed by atoms with van der Waals surface area (Å²) in [6, 6.07) is 2.02. The maximum atomic E-state index is 8.89. The highest BCUT2D eigenvalue weighted by atomic mass is 16.3. The first kappa shape index (κ1) is 10.9. The van der Waals surface area contributed by atoms with Crippen LogP contribution in [0.2, 0.25) is 0 Å². The molecule has 0 saturated carbocycles. The molecule has 1 aromatic heterocycles. The van der Waals surface area contributed by atoms with Crippen LogP contribution in [-0.4, -0.2) is 21.1 Å². The lowest BCUT2D eigenvalue weighted by molar-refractivity contribution is 0.276. The maximum Gasteiger partial charge on any atom is 0.223 e. The lowest BCUT2D eigenvalue weighted by Crippen LogP contribution is -2.23. The molecule has 1 heterocycles. The van der Waals surface area contributed by atoms with Crippen LogP contribution in [-0.2, 0) is 6.61 Å². The van der Waals surface area contributed by atoms with E-state index in [1.807, 2.05) is 0 Å². The van der Waals surface area contributed by atoms with Gasteiger partial charge in [0.2, 0.25) is 5.95 Å². The van der Waals surface area contributed by atoms with E-state index in [0.717, 1.165) is 0 Å². The Kier molecular flexibility index (Phi) is 3.83. The third-order valence-electron chi connectivity index (χ3n) is 2.23. The second kappa shape index (κ2) is 4.91. The average molecular weight is 195 g/mol. The molecule has 1 rings (SSSR count). The Morgan fingerprint density at radius 1 is 1.43 bits per heavy atom. The zero-order valence-corrected chi connectivity index (χ0v) is 8.86. The van der Waals surface area contributed by atoms with Crippen molar-refractivity contribution in [2.75, 3.05) is 5.32 Å². The third kappa shape index (κ3) is 2.96. The van der Waals surface area contributed by atoms with E-state index in [1.54, 1.807) is 12.3 Å². The van der Waals surface area contributed by atoms with Crippen molar-refractivity contribution in [2.45, 2.75) is 33.4 Å². The number of hydrogen-bond acceptors (Lipinski definition) is 4. The summed E-state index contributed by atoms with van der Waals surface area (Å²) < 4.78 is 0. The van der Waals surface area contributed by atoms with Crippen LogP contribution in [0.25, 0.3) is 0 Å². The number of aliphatic hydroxyl groups excluding tert-OH is 1. The quantitative estimate of drug-likeness (QED) is 0.763. The van der Waals surface area contributed by atoms with Crippen LogP contribution < -0.4 is 5.32 Å². The summed E-state index contributed by atoms with van der Waals surface area (Å²) in [4.78, 5) is 8.22. The molecule has 0 spiro atoms. The smallest absolute Gasteiger partial charge is 0.223 e. The summed E-state index contributed by atoms with van der Waals surface area (Å²) in [5, 5.41) is 12.1. The van der Waals surface area contributed by atoms with E-state index in [-0.39, 0.29) is 6.61 Å². The summed E-state index contributed by atoms with van der Waals surface area (Å²) >= 11 is 0. The van der Waals surface area contributed by atoms with Gasteiger partial charge in [-0.1, -0.05) is 13.8 Å². The molecule has 2 N–H and O–H groups in total. The van der Waals surface area contributed by atoms with Crippen molar-refractivity contribution in [1.29, 1.82) is 0 Å². The highest BCUT2D eigenvalue weighted by molar-refractivity contribution is 5.26. The number of nitrogens with one attached hydrogen (secondary N) is 1. The van der Waals surface area contributed by atoms with Crippen molar-refractivity contribution < 1.29 is 5.11 Å². The molecule has 14 heavy (non-hydrogen) atoms. The van der Waals surface area contributed by atoms with E-state index in [2.05, 4.69) is 36.1 Å². The average Bonchev–Trinajstić information content (AvgIpc) is 2.18. The molecule has 0 saturated heterocycles. The SMILES string of the molecule is CC(C)C(C)Nc1nccc(CO)n1. The van der Waals surface area contributed by atoms with E-state index in [0.29, 0.717) is 23.6 Å². The zero-order chi connectivity index (χ0) is 10.6. The monoisotopic (exact) mass is 195 g/mol. The lowest BCUT2D eigenvalue weighted by Gasteiger charge is -2.17. The highest BCUT2D eigenvalue weighted by Gasteiger charge is 2.07. The van der Waals surface area contributed by atoms with Crippen LogP contribution in [0.15, 0.2) is 12.3 Å². The fourth-order valence-electron chi connectivity index (χ4n) is 0.924. The number of rotatable bonds is 4. The highest BCUT2D eigenvalue weighted by Crippen LogP contribution is 2.07. The lowest BCUT2D eigenvalue weighted by atomic mass is 10.1. The standard InChI is InChI=1S/C10H17N3O/c1-7(2)8(3)12-10-11-5-4-9(6-14)13-10/h4-5,7-8,14H,6H2,1-3H3,(H,11,12,13). The van der Waals surface area contributed by atoms with Crippen LogP contribution in [0, 0.1) is 5.92 Å². The molecule has 0 radical (unpaired) electrons. The van der Waals surface area contributed by atoms with Gasteiger partial charge in [-0.15, -0.1) is 0 Å². The molecule has 78 valence electrons. The predicted molar refractivity (Wildman–Crippen MR) is 55.9 cm³/mol. The predicted octanol–water partition coefficient (Wildman–Crippen LogP) is 1.43. The second-order valence-corrected chi connectivity index (χ2v) is 3.71. The van der Waals surface area contributed by atoms with Gasteiger partial charge in [-0.25, -0.2) is 9.97 Å². The van der Waals surface area contributed by atoms with E-state index in [1.165, 1.54) is 0 Å². The van der Waals surface area contributed by atoms with Gasteiger partial charge in [0, 0.05) is 12.2 Å². The number of nitrogens with zero attached hydrogens (tertiary/aromatic N) is 2. The molecule has 4 nitrogen and oxygen atoms in total. The molecule has 0 amide bonds. The van der Waals surface area contributed by atoms with Crippen LogP contribution in [0.4, 0.5) is 5.95 Å². The fourth-order valence-corrected chi connectivity index (χ4v) is 0.924. The Labute approximate surface area is 84.4 Å². The van der Waals surface area contributed by atoms with Crippen molar-refractivity contribution in [3.63, 3.8) is 0 Å². The Hall–Kier alpha value is -1.16. The Balaban J connectivity index is 2.66. The molecule has 0 aliphatic rings. The molecule has 0 aromatic carbocycles. The van der Waals surface area contributed by atoms with E-state index in [9.17, 15) is 0 Å². The first-order valence-corrected chi connectivity index (χ1v) is 4.82. The Morgan fingerprint density at radius 2 is 2.14 bits per heavy atom. The summed E-state index contributed by atoms with van der Waals surface area (Å²) in [5.74, 6) is 1.11.